The number of thiophene rings is 1. The van der Waals surface area contributed by atoms with Crippen molar-refractivity contribution in [1.82, 2.24) is 19.4 Å². The van der Waals surface area contributed by atoms with Crippen LogP contribution in [0, 0.1) is 11.6 Å². The van der Waals surface area contributed by atoms with Crippen molar-refractivity contribution < 1.29 is 37.4 Å². The number of carbonyl (C=O) groups is 3. The van der Waals surface area contributed by atoms with Gasteiger partial charge in [-0.15, -0.1) is 11.3 Å². The van der Waals surface area contributed by atoms with Crippen molar-refractivity contribution in [2.75, 3.05) is 30.9 Å². The van der Waals surface area contributed by atoms with Crippen LogP contribution in [-0.2, 0) is 32.7 Å². The molecule has 3 aromatic heterocycles. The van der Waals surface area contributed by atoms with E-state index < -0.39 is 41.6 Å². The van der Waals surface area contributed by atoms with Crippen molar-refractivity contribution in [2.45, 2.75) is 39.3 Å². The Morgan fingerprint density at radius 1 is 0.960 bits per heavy atom. The lowest BCUT2D eigenvalue weighted by Gasteiger charge is -2.27. The quantitative estimate of drug-likeness (QED) is 0.131. The maximum Gasteiger partial charge on any atom is 0.410 e. The highest BCUT2D eigenvalue weighted by molar-refractivity contribution is 7.22. The van der Waals surface area contributed by atoms with Crippen LogP contribution in [0.25, 0.3) is 20.9 Å². The number of benzene rings is 2. The third-order valence-electron chi connectivity index (χ3n) is 7.16. The van der Waals surface area contributed by atoms with Gasteiger partial charge < -0.3 is 34.3 Å². The molecule has 50 heavy (non-hydrogen) atoms. The van der Waals surface area contributed by atoms with Gasteiger partial charge in [0.25, 0.3) is 0 Å². The minimum absolute atomic E-state index is 0.0500. The lowest BCUT2D eigenvalue weighted by atomic mass is 10.2. The van der Waals surface area contributed by atoms with Crippen LogP contribution >= 0.6 is 11.3 Å². The summed E-state index contributed by atoms with van der Waals surface area (Å²) in [6.07, 6.45) is 2.18. The van der Waals surface area contributed by atoms with E-state index in [-0.39, 0.29) is 23.7 Å². The molecule has 0 saturated carbocycles. The average molecular weight is 707 g/mol. The number of ether oxygens (including phenoxy) is 3. The standard InChI is InChI=1S/C35H36F2N6O6S/c1-35(2,3)49-34(46)43(14-15-47-5)20-22-19-39-33(42(22)4)29-17-26-32(50-29)28(12-13-38-26)48-27-11-10-21(16-24(27)37)40-30(44)18-31(45)41-25-9-7-6-8-23(25)36/h6-13,16-17,19H,14-15,18,20H2,1-5H3,(H,40,44)(H,41,45). The molecule has 3 amide bonds. The molecular weight excluding hydrogens is 670 g/mol. The number of rotatable bonds is 12. The van der Waals surface area contributed by atoms with Gasteiger partial charge in [-0.3, -0.25) is 14.6 Å². The van der Waals surface area contributed by atoms with Crippen LogP contribution in [0.1, 0.15) is 32.9 Å². The number of hydrogen-bond donors (Lipinski definition) is 2. The Hall–Kier alpha value is -5.41. The van der Waals surface area contributed by atoms with Gasteiger partial charge in [-0.05, 0) is 51.1 Å². The molecule has 12 nitrogen and oxygen atoms in total. The lowest BCUT2D eigenvalue weighted by Crippen LogP contribution is -2.38. The first kappa shape index (κ1) is 35.9. The molecule has 0 unspecified atom stereocenters. The normalized spacial score (nSPS) is 11.3. The van der Waals surface area contributed by atoms with E-state index in [0.29, 0.717) is 34.9 Å². The number of aromatic nitrogens is 3. The van der Waals surface area contributed by atoms with Crippen LogP contribution in [0.3, 0.4) is 0 Å². The Morgan fingerprint density at radius 3 is 2.44 bits per heavy atom. The summed E-state index contributed by atoms with van der Waals surface area (Å²) >= 11 is 1.36. The molecule has 3 heterocycles. The Balaban J connectivity index is 1.27. The smallest absolute Gasteiger partial charge is 0.410 e. The largest absolute Gasteiger partial charge is 0.453 e. The van der Waals surface area contributed by atoms with Crippen molar-refractivity contribution in [2.24, 2.45) is 7.05 Å². The number of amides is 3. The molecule has 0 spiro atoms. The average Bonchev–Trinajstić information content (AvgIpc) is 3.64. The first-order valence-corrected chi connectivity index (χ1v) is 16.3. The SMILES string of the molecule is COCCN(Cc1cnc(-c2cc3nccc(Oc4ccc(NC(=O)CC(=O)Nc5ccccc5F)cc4F)c3s2)n1C)C(=O)OC(C)(C)C. The van der Waals surface area contributed by atoms with Crippen molar-refractivity contribution in [3.63, 3.8) is 0 Å². The fraction of sp³-hybridized carbons (Fsp3) is 0.286. The zero-order valence-electron chi connectivity index (χ0n) is 28.1. The third kappa shape index (κ3) is 8.98. The summed E-state index contributed by atoms with van der Waals surface area (Å²) in [5.41, 5.74) is 0.779. The van der Waals surface area contributed by atoms with Crippen LogP contribution in [0.5, 0.6) is 11.5 Å². The molecule has 0 radical (unpaired) electrons. The molecule has 5 rings (SSSR count). The van der Waals surface area contributed by atoms with Gasteiger partial charge in [-0.2, -0.15) is 0 Å². The fourth-order valence-corrected chi connectivity index (χ4v) is 5.87. The molecule has 0 aliphatic rings. The molecule has 0 fully saturated rings. The van der Waals surface area contributed by atoms with E-state index in [0.717, 1.165) is 16.6 Å². The molecule has 2 N–H and O–H groups in total. The summed E-state index contributed by atoms with van der Waals surface area (Å²) in [5.74, 6) is -1.92. The van der Waals surface area contributed by atoms with E-state index in [1.807, 2.05) is 38.5 Å². The second kappa shape index (κ2) is 15.4. The molecule has 0 aliphatic carbocycles. The minimum Gasteiger partial charge on any atom is -0.453 e. The third-order valence-corrected chi connectivity index (χ3v) is 8.29. The van der Waals surface area contributed by atoms with E-state index in [9.17, 15) is 18.8 Å². The van der Waals surface area contributed by atoms with Crippen LogP contribution in [0.15, 0.2) is 67.0 Å². The van der Waals surface area contributed by atoms with Crippen LogP contribution < -0.4 is 15.4 Å². The van der Waals surface area contributed by atoms with Gasteiger partial charge in [0, 0.05) is 44.7 Å². The predicted molar refractivity (Wildman–Crippen MR) is 185 cm³/mol. The summed E-state index contributed by atoms with van der Waals surface area (Å²) in [5, 5.41) is 4.79. The van der Waals surface area contributed by atoms with Gasteiger partial charge in [0.1, 0.15) is 29.4 Å². The number of imidazole rings is 1. The Kier molecular flexibility index (Phi) is 11.1. The molecule has 0 bridgehead atoms. The second-order valence-electron chi connectivity index (χ2n) is 12.2. The number of hydrogen-bond acceptors (Lipinski definition) is 9. The number of methoxy groups -OCH3 is 1. The maximum absolute atomic E-state index is 15.2. The molecule has 262 valence electrons. The highest BCUT2D eigenvalue weighted by Gasteiger charge is 2.24. The number of para-hydroxylation sites is 1. The molecule has 15 heteroatoms. The Morgan fingerprint density at radius 2 is 1.72 bits per heavy atom. The molecular formula is C35H36F2N6O6S. The minimum atomic E-state index is -0.753. The zero-order chi connectivity index (χ0) is 36.0. The zero-order valence-corrected chi connectivity index (χ0v) is 28.9. The van der Waals surface area contributed by atoms with Crippen molar-refractivity contribution in [3.8, 4) is 22.2 Å². The number of nitrogens with zero attached hydrogens (tertiary/aromatic N) is 4. The van der Waals surface area contributed by atoms with Crippen LogP contribution in [0.2, 0.25) is 0 Å². The van der Waals surface area contributed by atoms with E-state index in [2.05, 4.69) is 20.6 Å². The van der Waals surface area contributed by atoms with Gasteiger partial charge in [-0.1, -0.05) is 12.1 Å². The topological polar surface area (TPSA) is 137 Å². The van der Waals surface area contributed by atoms with Gasteiger partial charge in [0.15, 0.2) is 11.6 Å². The van der Waals surface area contributed by atoms with Gasteiger partial charge >= 0.3 is 6.09 Å². The first-order valence-electron chi connectivity index (χ1n) is 15.5. The molecule has 5 aromatic rings. The van der Waals surface area contributed by atoms with Crippen LogP contribution in [-0.4, -0.2) is 63.2 Å². The lowest BCUT2D eigenvalue weighted by molar-refractivity contribution is -0.123. The first-order chi connectivity index (χ1) is 23.8. The summed E-state index contributed by atoms with van der Waals surface area (Å²) in [4.78, 5) is 48.9. The number of halogens is 2. The van der Waals surface area contributed by atoms with Crippen LogP contribution in [0.4, 0.5) is 25.0 Å². The summed E-state index contributed by atoms with van der Waals surface area (Å²) in [6, 6.07) is 12.9. The second-order valence-corrected chi connectivity index (χ2v) is 13.2. The number of anilines is 2. The van der Waals surface area contributed by atoms with Crippen molar-refractivity contribution in [1.29, 1.82) is 0 Å². The number of carbonyl (C=O) groups excluding carboxylic acids is 3. The predicted octanol–water partition coefficient (Wildman–Crippen LogP) is 7.12. The van der Waals surface area contributed by atoms with Crippen molar-refractivity contribution >= 4 is 50.8 Å². The summed E-state index contributed by atoms with van der Waals surface area (Å²) < 4.78 is 48.2. The van der Waals surface area contributed by atoms with Gasteiger partial charge in [0.05, 0.1) is 45.8 Å². The highest BCUT2D eigenvalue weighted by atomic mass is 32.1. The fourth-order valence-electron chi connectivity index (χ4n) is 4.77. The molecule has 0 atom stereocenters. The number of pyridine rings is 1. The van der Waals surface area contributed by atoms with E-state index in [4.69, 9.17) is 14.2 Å². The number of nitrogens with one attached hydrogen (secondary N) is 2. The molecule has 0 saturated heterocycles. The number of fused-ring (bicyclic) bond motifs is 1. The van der Waals surface area contributed by atoms with E-state index in [1.54, 1.807) is 36.5 Å². The Labute approximate surface area is 291 Å². The van der Waals surface area contributed by atoms with Gasteiger partial charge in [-0.25, -0.2) is 18.6 Å². The monoisotopic (exact) mass is 706 g/mol. The molecule has 2 aromatic carbocycles. The highest BCUT2D eigenvalue weighted by Crippen LogP contribution is 2.39. The van der Waals surface area contributed by atoms with E-state index in [1.165, 1.54) is 41.7 Å². The van der Waals surface area contributed by atoms with E-state index >= 15 is 4.39 Å². The van der Waals surface area contributed by atoms with Gasteiger partial charge in [0.2, 0.25) is 11.8 Å². The summed E-state index contributed by atoms with van der Waals surface area (Å²) in [7, 11) is 3.41. The summed E-state index contributed by atoms with van der Waals surface area (Å²) in [6.45, 7) is 6.34. The maximum atomic E-state index is 15.2. The van der Waals surface area contributed by atoms with Crippen molar-refractivity contribution in [3.05, 3.63) is 84.3 Å². The molecule has 0 aliphatic heterocycles. The Bertz CT molecular complexity index is 2020.